The van der Waals surface area contributed by atoms with Crippen LogP contribution in [0.25, 0.3) is 11.2 Å². The van der Waals surface area contributed by atoms with Crippen molar-refractivity contribution in [3.05, 3.63) is 18.3 Å². The van der Waals surface area contributed by atoms with Crippen LogP contribution in [-0.2, 0) is 0 Å². The number of imidazole rings is 1. The molecule has 3 rings (SSSR count). The number of nitrogens with one attached hydrogen (secondary N) is 2. The Morgan fingerprint density at radius 1 is 1.50 bits per heavy atom. The molecular formula is C11H15N5. The molecule has 1 aliphatic heterocycles. The Morgan fingerprint density at radius 2 is 2.44 bits per heavy atom. The summed E-state index contributed by atoms with van der Waals surface area (Å²) >= 11 is 0. The molecule has 1 aliphatic rings. The molecule has 84 valence electrons. The van der Waals surface area contributed by atoms with E-state index in [-0.39, 0.29) is 0 Å². The second-order valence-electron chi connectivity index (χ2n) is 4.19. The van der Waals surface area contributed by atoms with Crippen LogP contribution in [0.2, 0.25) is 0 Å². The van der Waals surface area contributed by atoms with Gasteiger partial charge < -0.3 is 15.2 Å². The highest BCUT2D eigenvalue weighted by Gasteiger charge is 2.21. The van der Waals surface area contributed by atoms with E-state index >= 15 is 0 Å². The van der Waals surface area contributed by atoms with Crippen LogP contribution in [-0.4, -0.2) is 41.1 Å². The minimum absolute atomic E-state index is 0.528. The molecule has 2 aromatic rings. The number of rotatable bonds is 2. The number of nitrogens with zero attached hydrogens (tertiary/aromatic N) is 3. The standard InChI is InChI=1S/C11H15N5/c1-16(8-4-6-12-7-8)11-14-9-3-2-5-13-10(9)15-11/h2-3,5,8,12H,4,6-7H2,1H3,(H,13,14,15). The van der Waals surface area contributed by atoms with Crippen LogP contribution in [0.1, 0.15) is 6.42 Å². The van der Waals surface area contributed by atoms with E-state index in [0.717, 1.165) is 30.2 Å². The molecule has 1 unspecified atom stereocenters. The van der Waals surface area contributed by atoms with Crippen molar-refractivity contribution in [1.29, 1.82) is 0 Å². The van der Waals surface area contributed by atoms with Gasteiger partial charge in [-0.25, -0.2) is 4.98 Å². The van der Waals surface area contributed by atoms with Crippen molar-refractivity contribution in [3.63, 3.8) is 0 Å². The van der Waals surface area contributed by atoms with Gasteiger partial charge in [-0.15, -0.1) is 0 Å². The van der Waals surface area contributed by atoms with Crippen molar-refractivity contribution in [2.45, 2.75) is 12.5 Å². The molecule has 16 heavy (non-hydrogen) atoms. The lowest BCUT2D eigenvalue weighted by Crippen LogP contribution is -2.34. The largest absolute Gasteiger partial charge is 0.341 e. The van der Waals surface area contributed by atoms with Crippen molar-refractivity contribution in [1.82, 2.24) is 20.3 Å². The second-order valence-corrected chi connectivity index (χ2v) is 4.19. The van der Waals surface area contributed by atoms with Crippen LogP contribution in [0.4, 0.5) is 5.95 Å². The van der Waals surface area contributed by atoms with Crippen LogP contribution in [0.5, 0.6) is 0 Å². The molecule has 0 aliphatic carbocycles. The molecule has 2 N–H and O–H groups in total. The lowest BCUT2D eigenvalue weighted by Gasteiger charge is -2.22. The van der Waals surface area contributed by atoms with Gasteiger partial charge in [-0.1, -0.05) is 0 Å². The first kappa shape index (κ1) is 9.59. The Morgan fingerprint density at radius 3 is 3.19 bits per heavy atom. The molecule has 5 heteroatoms. The van der Waals surface area contributed by atoms with Crippen molar-refractivity contribution >= 4 is 17.1 Å². The smallest absolute Gasteiger partial charge is 0.205 e. The summed E-state index contributed by atoms with van der Waals surface area (Å²) < 4.78 is 0. The third-order valence-corrected chi connectivity index (χ3v) is 3.16. The molecule has 1 atom stereocenters. The fraction of sp³-hybridized carbons (Fsp3) is 0.455. The van der Waals surface area contributed by atoms with E-state index in [4.69, 9.17) is 0 Å². The monoisotopic (exact) mass is 217 g/mol. The van der Waals surface area contributed by atoms with E-state index in [2.05, 4.69) is 32.2 Å². The number of pyridine rings is 1. The van der Waals surface area contributed by atoms with Gasteiger partial charge in [0.25, 0.3) is 0 Å². The van der Waals surface area contributed by atoms with Crippen LogP contribution >= 0.6 is 0 Å². The SMILES string of the molecule is CN(c1nc2ncccc2[nH]1)C1CCNC1. The summed E-state index contributed by atoms with van der Waals surface area (Å²) in [6.07, 6.45) is 2.94. The van der Waals surface area contributed by atoms with Crippen molar-refractivity contribution in [2.24, 2.45) is 0 Å². The first-order valence-corrected chi connectivity index (χ1v) is 5.59. The number of H-pyrrole nitrogens is 1. The lowest BCUT2D eigenvalue weighted by atomic mass is 10.2. The van der Waals surface area contributed by atoms with Crippen molar-refractivity contribution < 1.29 is 0 Å². The minimum atomic E-state index is 0.528. The van der Waals surface area contributed by atoms with Gasteiger partial charge in [0.05, 0.1) is 5.52 Å². The summed E-state index contributed by atoms with van der Waals surface area (Å²) in [5.74, 6) is 0.905. The zero-order chi connectivity index (χ0) is 11.0. The van der Waals surface area contributed by atoms with Gasteiger partial charge >= 0.3 is 0 Å². The van der Waals surface area contributed by atoms with Gasteiger partial charge in [0.2, 0.25) is 5.95 Å². The molecule has 0 amide bonds. The summed E-state index contributed by atoms with van der Waals surface area (Å²) in [4.78, 5) is 14.2. The van der Waals surface area contributed by atoms with E-state index in [1.807, 2.05) is 12.1 Å². The highest BCUT2D eigenvalue weighted by molar-refractivity contribution is 5.73. The van der Waals surface area contributed by atoms with E-state index in [0.29, 0.717) is 6.04 Å². The quantitative estimate of drug-likeness (QED) is 0.779. The zero-order valence-corrected chi connectivity index (χ0v) is 9.27. The summed E-state index contributed by atoms with van der Waals surface area (Å²) in [5, 5.41) is 3.36. The van der Waals surface area contributed by atoms with Crippen LogP contribution in [0, 0.1) is 0 Å². The third kappa shape index (κ3) is 1.53. The zero-order valence-electron chi connectivity index (χ0n) is 9.27. The predicted molar refractivity (Wildman–Crippen MR) is 63.6 cm³/mol. The topological polar surface area (TPSA) is 56.8 Å². The van der Waals surface area contributed by atoms with Crippen molar-refractivity contribution in [2.75, 3.05) is 25.0 Å². The van der Waals surface area contributed by atoms with Gasteiger partial charge in [-0.2, -0.15) is 4.98 Å². The maximum Gasteiger partial charge on any atom is 0.205 e. The Hall–Kier alpha value is -1.62. The number of aromatic amines is 1. The Bertz CT molecular complexity index is 453. The van der Waals surface area contributed by atoms with E-state index in [1.54, 1.807) is 6.20 Å². The lowest BCUT2D eigenvalue weighted by molar-refractivity contribution is 0.672. The number of anilines is 1. The first-order chi connectivity index (χ1) is 7.84. The van der Waals surface area contributed by atoms with Crippen LogP contribution < -0.4 is 10.2 Å². The van der Waals surface area contributed by atoms with E-state index in [1.165, 1.54) is 6.42 Å². The number of hydrogen-bond acceptors (Lipinski definition) is 4. The predicted octanol–water partition coefficient (Wildman–Crippen LogP) is 0.756. The Labute approximate surface area is 93.9 Å². The van der Waals surface area contributed by atoms with E-state index in [9.17, 15) is 0 Å². The molecule has 0 spiro atoms. The van der Waals surface area contributed by atoms with Gasteiger partial charge in [-0.05, 0) is 25.1 Å². The summed E-state index contributed by atoms with van der Waals surface area (Å²) in [6.45, 7) is 2.12. The van der Waals surface area contributed by atoms with Crippen LogP contribution in [0.3, 0.4) is 0 Å². The van der Waals surface area contributed by atoms with Gasteiger partial charge in [0, 0.05) is 25.8 Å². The van der Waals surface area contributed by atoms with Gasteiger partial charge in [0.1, 0.15) is 0 Å². The number of fused-ring (bicyclic) bond motifs is 1. The molecule has 1 saturated heterocycles. The number of aromatic nitrogens is 3. The molecule has 0 saturated carbocycles. The third-order valence-electron chi connectivity index (χ3n) is 3.16. The van der Waals surface area contributed by atoms with E-state index < -0.39 is 0 Å². The fourth-order valence-corrected chi connectivity index (χ4v) is 2.14. The maximum atomic E-state index is 4.49. The van der Waals surface area contributed by atoms with Crippen LogP contribution in [0.15, 0.2) is 18.3 Å². The molecule has 0 bridgehead atoms. The van der Waals surface area contributed by atoms with Gasteiger partial charge in [-0.3, -0.25) is 0 Å². The molecule has 1 fully saturated rings. The number of hydrogen-bond donors (Lipinski definition) is 2. The van der Waals surface area contributed by atoms with Gasteiger partial charge in [0.15, 0.2) is 5.65 Å². The molecule has 2 aromatic heterocycles. The van der Waals surface area contributed by atoms with Crippen molar-refractivity contribution in [3.8, 4) is 0 Å². The fourth-order valence-electron chi connectivity index (χ4n) is 2.14. The Balaban J connectivity index is 1.92. The normalized spacial score (nSPS) is 20.4. The molecule has 0 aromatic carbocycles. The second kappa shape index (κ2) is 3.75. The molecular weight excluding hydrogens is 202 g/mol. The average Bonchev–Trinajstić information content (AvgIpc) is 2.97. The summed E-state index contributed by atoms with van der Waals surface area (Å²) in [7, 11) is 2.08. The number of likely N-dealkylation sites (N-methyl/N-ethyl adjacent to an activating group) is 1. The maximum absolute atomic E-state index is 4.49. The Kier molecular flexibility index (Phi) is 2.25. The molecule has 0 radical (unpaired) electrons. The summed E-state index contributed by atoms with van der Waals surface area (Å²) in [5.41, 5.74) is 1.78. The molecule has 5 nitrogen and oxygen atoms in total. The molecule has 3 heterocycles. The highest BCUT2D eigenvalue weighted by Crippen LogP contribution is 2.18. The average molecular weight is 217 g/mol. The summed E-state index contributed by atoms with van der Waals surface area (Å²) in [6, 6.07) is 4.45. The first-order valence-electron chi connectivity index (χ1n) is 5.59. The minimum Gasteiger partial charge on any atom is -0.341 e. The highest BCUT2D eigenvalue weighted by atomic mass is 15.3.